The Labute approximate surface area is 149 Å². The zero-order valence-corrected chi connectivity index (χ0v) is 14.5. The molecular formula is C19H17F2NO2S. The van der Waals surface area contributed by atoms with E-state index in [2.05, 4.69) is 17.2 Å². The van der Waals surface area contributed by atoms with Crippen LogP contribution in [-0.4, -0.2) is 24.8 Å². The molecule has 0 saturated carbocycles. The first kappa shape index (κ1) is 18.8. The Morgan fingerprint density at radius 2 is 2.00 bits per heavy atom. The number of hydrogen-bond acceptors (Lipinski definition) is 3. The Morgan fingerprint density at radius 3 is 2.76 bits per heavy atom. The molecule has 1 amide bonds. The Bertz CT molecular complexity index is 799. The van der Waals surface area contributed by atoms with Crippen molar-refractivity contribution in [1.82, 2.24) is 5.32 Å². The molecule has 0 saturated heterocycles. The minimum absolute atomic E-state index is 0.0549. The SMILES string of the molecule is CCSc1ccccc1C(=O)NCC#CCOc1ccc(F)cc1F. The molecule has 0 bridgehead atoms. The largest absolute Gasteiger partial charge is 0.478 e. The first-order valence-corrected chi connectivity index (χ1v) is 8.64. The van der Waals surface area contributed by atoms with Gasteiger partial charge in [0.05, 0.1) is 12.1 Å². The van der Waals surface area contributed by atoms with Crippen LogP contribution in [0.2, 0.25) is 0 Å². The normalized spacial score (nSPS) is 9.88. The van der Waals surface area contributed by atoms with Gasteiger partial charge >= 0.3 is 0 Å². The standard InChI is InChI=1S/C19H17F2NO2S/c1-2-25-18-8-4-3-7-15(18)19(23)22-11-5-6-12-24-17-10-9-14(20)13-16(17)21/h3-4,7-10,13H,2,11-12H2,1H3,(H,22,23). The van der Waals surface area contributed by atoms with Crippen LogP contribution < -0.4 is 10.1 Å². The Hall–Kier alpha value is -2.52. The average Bonchev–Trinajstić information content (AvgIpc) is 2.60. The predicted octanol–water partition coefficient (Wildman–Crippen LogP) is 3.89. The zero-order valence-electron chi connectivity index (χ0n) is 13.6. The van der Waals surface area contributed by atoms with Crippen molar-refractivity contribution in [3.63, 3.8) is 0 Å². The molecule has 130 valence electrons. The minimum Gasteiger partial charge on any atom is -0.478 e. The maximum Gasteiger partial charge on any atom is 0.253 e. The molecule has 3 nitrogen and oxygen atoms in total. The van der Waals surface area contributed by atoms with Crippen LogP contribution in [0.25, 0.3) is 0 Å². The molecular weight excluding hydrogens is 344 g/mol. The summed E-state index contributed by atoms with van der Waals surface area (Å²) in [6.45, 7) is 2.12. The van der Waals surface area contributed by atoms with Crippen molar-refractivity contribution < 1.29 is 18.3 Å². The van der Waals surface area contributed by atoms with Gasteiger partial charge in [-0.1, -0.05) is 30.9 Å². The molecule has 0 aliphatic heterocycles. The predicted molar refractivity (Wildman–Crippen MR) is 94.8 cm³/mol. The second-order valence-corrected chi connectivity index (χ2v) is 6.13. The van der Waals surface area contributed by atoms with E-state index in [1.165, 1.54) is 6.07 Å². The van der Waals surface area contributed by atoms with Crippen molar-refractivity contribution in [2.45, 2.75) is 11.8 Å². The summed E-state index contributed by atoms with van der Waals surface area (Å²) in [5.41, 5.74) is 0.612. The lowest BCUT2D eigenvalue weighted by molar-refractivity contribution is 0.0956. The Balaban J connectivity index is 1.81. The van der Waals surface area contributed by atoms with Crippen LogP contribution >= 0.6 is 11.8 Å². The number of halogens is 2. The van der Waals surface area contributed by atoms with Gasteiger partial charge in [-0.15, -0.1) is 11.8 Å². The number of hydrogen-bond donors (Lipinski definition) is 1. The number of nitrogens with one attached hydrogen (secondary N) is 1. The smallest absolute Gasteiger partial charge is 0.253 e. The molecule has 2 aromatic rings. The lowest BCUT2D eigenvalue weighted by Gasteiger charge is -2.07. The zero-order chi connectivity index (χ0) is 18.1. The highest BCUT2D eigenvalue weighted by atomic mass is 32.2. The lowest BCUT2D eigenvalue weighted by Crippen LogP contribution is -2.24. The monoisotopic (exact) mass is 361 g/mol. The van der Waals surface area contributed by atoms with Crippen LogP contribution in [0, 0.1) is 23.5 Å². The fourth-order valence-corrected chi connectivity index (χ4v) is 2.78. The summed E-state index contributed by atoms with van der Waals surface area (Å²) in [4.78, 5) is 13.1. The number of thioether (sulfide) groups is 1. The number of amides is 1. The van der Waals surface area contributed by atoms with Gasteiger partial charge in [0.2, 0.25) is 0 Å². The van der Waals surface area contributed by atoms with Crippen LogP contribution in [0.15, 0.2) is 47.4 Å². The molecule has 25 heavy (non-hydrogen) atoms. The van der Waals surface area contributed by atoms with Crippen LogP contribution in [0.4, 0.5) is 8.78 Å². The molecule has 0 aliphatic rings. The van der Waals surface area contributed by atoms with Crippen LogP contribution in [-0.2, 0) is 0 Å². The molecule has 0 radical (unpaired) electrons. The molecule has 2 aromatic carbocycles. The van der Waals surface area contributed by atoms with Gasteiger partial charge in [0.15, 0.2) is 11.6 Å². The van der Waals surface area contributed by atoms with Crippen molar-refractivity contribution in [3.8, 4) is 17.6 Å². The van der Waals surface area contributed by atoms with Gasteiger partial charge in [-0.25, -0.2) is 8.78 Å². The molecule has 6 heteroatoms. The van der Waals surface area contributed by atoms with E-state index >= 15 is 0 Å². The Morgan fingerprint density at radius 1 is 1.20 bits per heavy atom. The van der Waals surface area contributed by atoms with E-state index in [4.69, 9.17) is 4.74 Å². The summed E-state index contributed by atoms with van der Waals surface area (Å²) in [5.74, 6) is 4.57. The molecule has 0 aromatic heterocycles. The summed E-state index contributed by atoms with van der Waals surface area (Å²) in [6, 6.07) is 10.4. The first-order chi connectivity index (χ1) is 12.1. The molecule has 0 unspecified atom stereocenters. The maximum atomic E-state index is 13.3. The highest BCUT2D eigenvalue weighted by molar-refractivity contribution is 7.99. The molecule has 2 rings (SSSR count). The second kappa shape index (κ2) is 9.70. The summed E-state index contributed by atoms with van der Waals surface area (Å²) in [7, 11) is 0. The first-order valence-electron chi connectivity index (χ1n) is 7.65. The number of carbonyl (C=O) groups is 1. The van der Waals surface area contributed by atoms with Crippen molar-refractivity contribution in [1.29, 1.82) is 0 Å². The number of carbonyl (C=O) groups excluding carboxylic acids is 1. The topological polar surface area (TPSA) is 38.3 Å². The lowest BCUT2D eigenvalue weighted by atomic mass is 10.2. The van der Waals surface area contributed by atoms with Gasteiger partial charge < -0.3 is 10.1 Å². The van der Waals surface area contributed by atoms with E-state index in [0.717, 1.165) is 22.8 Å². The molecule has 0 spiro atoms. The van der Waals surface area contributed by atoms with Crippen molar-refractivity contribution in [3.05, 3.63) is 59.7 Å². The number of benzene rings is 2. The average molecular weight is 361 g/mol. The van der Waals surface area contributed by atoms with Crippen LogP contribution in [0.5, 0.6) is 5.75 Å². The summed E-state index contributed by atoms with van der Waals surface area (Å²) >= 11 is 1.60. The third kappa shape index (κ3) is 5.80. The quantitative estimate of drug-likeness (QED) is 0.627. The molecule has 0 heterocycles. The van der Waals surface area contributed by atoms with Gasteiger partial charge in [0.1, 0.15) is 12.4 Å². The number of ether oxygens (including phenoxy) is 1. The summed E-state index contributed by atoms with van der Waals surface area (Å²) in [6.07, 6.45) is 0. The van der Waals surface area contributed by atoms with Gasteiger partial charge in [-0.05, 0) is 30.0 Å². The van der Waals surface area contributed by atoms with E-state index in [1.54, 1.807) is 17.8 Å². The summed E-state index contributed by atoms with van der Waals surface area (Å²) < 4.78 is 31.2. The van der Waals surface area contributed by atoms with E-state index in [0.29, 0.717) is 5.56 Å². The molecule has 0 aliphatic carbocycles. The van der Waals surface area contributed by atoms with Gasteiger partial charge in [-0.2, -0.15) is 0 Å². The van der Waals surface area contributed by atoms with Crippen molar-refractivity contribution in [2.75, 3.05) is 18.9 Å². The molecule has 0 fully saturated rings. The molecule has 1 N–H and O–H groups in total. The minimum atomic E-state index is -0.778. The van der Waals surface area contributed by atoms with Crippen molar-refractivity contribution >= 4 is 17.7 Å². The fourth-order valence-electron chi connectivity index (χ4n) is 1.97. The molecule has 0 atom stereocenters. The highest BCUT2D eigenvalue weighted by Gasteiger charge is 2.09. The van der Waals surface area contributed by atoms with E-state index in [-0.39, 0.29) is 24.8 Å². The second-order valence-electron chi connectivity index (χ2n) is 4.83. The summed E-state index contributed by atoms with van der Waals surface area (Å²) in [5, 5.41) is 2.71. The van der Waals surface area contributed by atoms with Crippen LogP contribution in [0.3, 0.4) is 0 Å². The van der Waals surface area contributed by atoms with Gasteiger partial charge in [0.25, 0.3) is 5.91 Å². The van der Waals surface area contributed by atoms with Gasteiger partial charge in [-0.3, -0.25) is 4.79 Å². The van der Waals surface area contributed by atoms with Crippen LogP contribution in [0.1, 0.15) is 17.3 Å². The van der Waals surface area contributed by atoms with E-state index in [9.17, 15) is 13.6 Å². The Kier molecular flexibility index (Phi) is 7.30. The van der Waals surface area contributed by atoms with Gasteiger partial charge in [0, 0.05) is 11.0 Å². The van der Waals surface area contributed by atoms with E-state index < -0.39 is 11.6 Å². The van der Waals surface area contributed by atoms with Crippen molar-refractivity contribution in [2.24, 2.45) is 0 Å². The third-order valence-electron chi connectivity index (χ3n) is 3.09. The highest BCUT2D eigenvalue weighted by Crippen LogP contribution is 2.22. The fraction of sp³-hybridized carbons (Fsp3) is 0.211. The van der Waals surface area contributed by atoms with E-state index in [1.807, 2.05) is 25.1 Å². The maximum absolute atomic E-state index is 13.3. The number of rotatable bonds is 6. The third-order valence-corrected chi connectivity index (χ3v) is 4.04.